The van der Waals surface area contributed by atoms with Crippen LogP contribution in [-0.2, 0) is 14.3 Å². The highest BCUT2D eigenvalue weighted by Crippen LogP contribution is 2.06. The molecule has 7 nitrogen and oxygen atoms in total. The fraction of sp³-hybridized carbons (Fsp3) is 0.353. The van der Waals surface area contributed by atoms with Crippen molar-refractivity contribution in [2.24, 2.45) is 0 Å². The van der Waals surface area contributed by atoms with Gasteiger partial charge in [-0.05, 0) is 30.7 Å². The number of ether oxygens (including phenoxy) is 1. The van der Waals surface area contributed by atoms with E-state index in [4.69, 9.17) is 10.2 Å². The lowest BCUT2D eigenvalue weighted by atomic mass is 10.1. The minimum Gasteiger partial charge on any atom is -0.481 e. The highest BCUT2D eigenvalue weighted by Gasteiger charge is 2.22. The predicted octanol–water partition coefficient (Wildman–Crippen LogP) is 0.557. The maximum absolute atomic E-state index is 12.2. The average molecular weight is 333 g/mol. The molecule has 1 aromatic carbocycles. The molecule has 0 spiro atoms. The number of hydrogen-bond donors (Lipinski definition) is 3. The number of esters is 1. The number of benzene rings is 1. The van der Waals surface area contributed by atoms with Gasteiger partial charge in [-0.3, -0.25) is 9.59 Å². The Morgan fingerprint density at radius 1 is 1.25 bits per heavy atom. The summed E-state index contributed by atoms with van der Waals surface area (Å²) in [7, 11) is 1.17. The minimum absolute atomic E-state index is 0.0151. The standard InChI is InChI=1S/C17H19NO6/c1-24-17(23)14(9-10-15(20)21)18-16(22)13-7-5-12(6-8-13)4-2-3-11-19/h5-8,14,19H,3,9-11H2,1H3,(H,18,22)(H,20,21)/t14-/m0/s1. The van der Waals surface area contributed by atoms with Gasteiger partial charge in [-0.15, -0.1) is 0 Å². The quantitative estimate of drug-likeness (QED) is 0.496. The summed E-state index contributed by atoms with van der Waals surface area (Å²) in [6.45, 7) is -0.0151. The van der Waals surface area contributed by atoms with Crippen LogP contribution in [0, 0.1) is 11.8 Å². The number of amides is 1. The summed E-state index contributed by atoms with van der Waals surface area (Å²) >= 11 is 0. The summed E-state index contributed by atoms with van der Waals surface area (Å²) in [5, 5.41) is 19.8. The van der Waals surface area contributed by atoms with Crippen LogP contribution in [0.2, 0.25) is 0 Å². The third-order valence-electron chi connectivity index (χ3n) is 3.05. The maximum Gasteiger partial charge on any atom is 0.328 e. The number of carboxylic acid groups (broad SMARTS) is 1. The van der Waals surface area contributed by atoms with Crippen LogP contribution in [0.15, 0.2) is 24.3 Å². The van der Waals surface area contributed by atoms with E-state index in [1.807, 2.05) is 0 Å². The van der Waals surface area contributed by atoms with Crippen LogP contribution >= 0.6 is 0 Å². The Labute approximate surface area is 139 Å². The Bertz CT molecular complexity index is 641. The fourth-order valence-corrected chi connectivity index (χ4v) is 1.83. The average Bonchev–Trinajstić information content (AvgIpc) is 2.58. The van der Waals surface area contributed by atoms with Gasteiger partial charge in [-0.2, -0.15) is 0 Å². The molecule has 0 aliphatic heterocycles. The molecule has 128 valence electrons. The van der Waals surface area contributed by atoms with Crippen LogP contribution in [-0.4, -0.2) is 47.8 Å². The van der Waals surface area contributed by atoms with Crippen molar-refractivity contribution in [3.8, 4) is 11.8 Å². The molecule has 0 unspecified atom stereocenters. The zero-order valence-corrected chi connectivity index (χ0v) is 13.2. The molecule has 1 rings (SSSR count). The molecule has 24 heavy (non-hydrogen) atoms. The highest BCUT2D eigenvalue weighted by atomic mass is 16.5. The number of aliphatic hydroxyl groups is 1. The zero-order chi connectivity index (χ0) is 17.9. The summed E-state index contributed by atoms with van der Waals surface area (Å²) in [4.78, 5) is 34.4. The van der Waals surface area contributed by atoms with Gasteiger partial charge in [0.05, 0.1) is 13.7 Å². The van der Waals surface area contributed by atoms with Crippen LogP contribution in [0.25, 0.3) is 0 Å². The largest absolute Gasteiger partial charge is 0.481 e. The van der Waals surface area contributed by atoms with E-state index in [0.717, 1.165) is 0 Å². The minimum atomic E-state index is -1.07. The molecule has 0 radical (unpaired) electrons. The molecule has 0 aromatic heterocycles. The number of hydrogen-bond acceptors (Lipinski definition) is 5. The van der Waals surface area contributed by atoms with E-state index < -0.39 is 23.9 Å². The van der Waals surface area contributed by atoms with E-state index in [1.54, 1.807) is 24.3 Å². The number of nitrogens with one attached hydrogen (secondary N) is 1. The number of carbonyl (C=O) groups is 3. The van der Waals surface area contributed by atoms with Crippen LogP contribution < -0.4 is 5.32 Å². The molecule has 0 heterocycles. The molecule has 7 heteroatoms. The second-order valence-corrected chi connectivity index (χ2v) is 4.83. The van der Waals surface area contributed by atoms with E-state index in [9.17, 15) is 14.4 Å². The number of aliphatic carboxylic acids is 1. The van der Waals surface area contributed by atoms with Crippen molar-refractivity contribution in [2.75, 3.05) is 13.7 Å². The number of rotatable bonds is 7. The zero-order valence-electron chi connectivity index (χ0n) is 13.2. The molecule has 0 fully saturated rings. The summed E-state index contributed by atoms with van der Waals surface area (Å²) in [5.74, 6) is 3.32. The normalized spacial score (nSPS) is 10.9. The van der Waals surface area contributed by atoms with Crippen molar-refractivity contribution in [2.45, 2.75) is 25.3 Å². The molecular weight excluding hydrogens is 314 g/mol. The Morgan fingerprint density at radius 3 is 2.46 bits per heavy atom. The second kappa shape index (κ2) is 10.0. The van der Waals surface area contributed by atoms with Gasteiger partial charge in [0, 0.05) is 24.0 Å². The molecule has 3 N–H and O–H groups in total. The van der Waals surface area contributed by atoms with Crippen molar-refractivity contribution in [3.05, 3.63) is 35.4 Å². The molecule has 0 aliphatic carbocycles. The summed E-state index contributed by atoms with van der Waals surface area (Å²) in [6.07, 6.45) is 0.0462. The van der Waals surface area contributed by atoms with Crippen molar-refractivity contribution in [3.63, 3.8) is 0 Å². The van der Waals surface area contributed by atoms with Crippen LogP contribution in [0.4, 0.5) is 0 Å². The first kappa shape index (κ1) is 19.2. The number of carbonyl (C=O) groups excluding carboxylic acids is 2. The van der Waals surface area contributed by atoms with Crippen molar-refractivity contribution in [1.29, 1.82) is 0 Å². The van der Waals surface area contributed by atoms with Gasteiger partial charge in [0.2, 0.25) is 0 Å². The molecule has 1 amide bonds. The van der Waals surface area contributed by atoms with Gasteiger partial charge < -0.3 is 20.3 Å². The van der Waals surface area contributed by atoms with E-state index in [-0.39, 0.29) is 19.4 Å². The maximum atomic E-state index is 12.2. The number of methoxy groups -OCH3 is 1. The van der Waals surface area contributed by atoms with E-state index in [0.29, 0.717) is 17.5 Å². The molecule has 0 saturated carbocycles. The Hall–Kier alpha value is -2.85. The first-order chi connectivity index (χ1) is 11.5. The Kier molecular flexibility index (Phi) is 8.02. The lowest BCUT2D eigenvalue weighted by Gasteiger charge is -2.15. The molecule has 0 bridgehead atoms. The molecule has 0 aliphatic rings. The third kappa shape index (κ3) is 6.50. The van der Waals surface area contributed by atoms with Crippen LogP contribution in [0.1, 0.15) is 35.2 Å². The van der Waals surface area contributed by atoms with Gasteiger partial charge in [-0.25, -0.2) is 4.79 Å². The highest BCUT2D eigenvalue weighted by molar-refractivity contribution is 5.96. The SMILES string of the molecule is COC(=O)[C@H](CCC(=O)O)NC(=O)c1ccc(C#CCCO)cc1. The van der Waals surface area contributed by atoms with Gasteiger partial charge in [-0.1, -0.05) is 11.8 Å². The number of carboxylic acids is 1. The first-order valence-corrected chi connectivity index (χ1v) is 7.28. The smallest absolute Gasteiger partial charge is 0.328 e. The van der Waals surface area contributed by atoms with E-state index in [1.165, 1.54) is 7.11 Å². The van der Waals surface area contributed by atoms with Gasteiger partial charge in [0.1, 0.15) is 6.04 Å². The third-order valence-corrected chi connectivity index (χ3v) is 3.05. The van der Waals surface area contributed by atoms with E-state index in [2.05, 4.69) is 21.9 Å². The van der Waals surface area contributed by atoms with Crippen molar-refractivity contribution < 1.29 is 29.3 Å². The first-order valence-electron chi connectivity index (χ1n) is 7.28. The predicted molar refractivity (Wildman–Crippen MR) is 85.2 cm³/mol. The number of aliphatic hydroxyl groups excluding tert-OH is 1. The van der Waals surface area contributed by atoms with Crippen molar-refractivity contribution in [1.82, 2.24) is 5.32 Å². The topological polar surface area (TPSA) is 113 Å². The summed E-state index contributed by atoms with van der Waals surface area (Å²) < 4.78 is 4.57. The van der Waals surface area contributed by atoms with E-state index >= 15 is 0 Å². The second-order valence-electron chi connectivity index (χ2n) is 4.83. The van der Waals surface area contributed by atoms with Gasteiger partial charge >= 0.3 is 11.9 Å². The fourth-order valence-electron chi connectivity index (χ4n) is 1.83. The van der Waals surface area contributed by atoms with Crippen molar-refractivity contribution >= 4 is 17.8 Å². The molecule has 1 aromatic rings. The summed E-state index contributed by atoms with van der Waals surface area (Å²) in [5.41, 5.74) is 1.00. The molecule has 0 saturated heterocycles. The molecule has 1 atom stereocenters. The Balaban J connectivity index is 2.74. The van der Waals surface area contributed by atoms with Crippen LogP contribution in [0.3, 0.4) is 0 Å². The van der Waals surface area contributed by atoms with Gasteiger partial charge in [0.25, 0.3) is 5.91 Å². The van der Waals surface area contributed by atoms with Crippen LogP contribution in [0.5, 0.6) is 0 Å². The molecular formula is C17H19NO6. The monoisotopic (exact) mass is 333 g/mol. The lowest BCUT2D eigenvalue weighted by molar-refractivity contribution is -0.143. The van der Waals surface area contributed by atoms with Gasteiger partial charge in [0.15, 0.2) is 0 Å². The summed E-state index contributed by atoms with van der Waals surface area (Å²) in [6, 6.07) is 5.35. The Morgan fingerprint density at radius 2 is 1.92 bits per heavy atom. The lowest BCUT2D eigenvalue weighted by Crippen LogP contribution is -2.41.